The summed E-state index contributed by atoms with van der Waals surface area (Å²) in [5, 5.41) is 4.41. The lowest BCUT2D eigenvalue weighted by molar-refractivity contribution is 0.0728. The summed E-state index contributed by atoms with van der Waals surface area (Å²) >= 11 is 0. The minimum absolute atomic E-state index is 0.0172. The number of ether oxygens (including phenoxy) is 1. The molecule has 1 aliphatic rings. The number of hydrogen-bond acceptors (Lipinski definition) is 4. The molecule has 0 aliphatic carbocycles. The second-order valence-electron chi connectivity index (χ2n) is 6.74. The van der Waals surface area contributed by atoms with Gasteiger partial charge in [-0.05, 0) is 38.8 Å². The summed E-state index contributed by atoms with van der Waals surface area (Å²) in [6.45, 7) is 4.60. The Kier molecular flexibility index (Phi) is 4.11. The molecule has 6 nitrogen and oxygen atoms in total. The number of benzene rings is 1. The number of methoxy groups -OCH3 is 1. The van der Waals surface area contributed by atoms with E-state index in [1.54, 1.807) is 11.6 Å². The summed E-state index contributed by atoms with van der Waals surface area (Å²) in [7, 11) is 1.67. The normalized spacial score (nSPS) is 17.0. The van der Waals surface area contributed by atoms with Crippen LogP contribution in [-0.2, 0) is 0 Å². The van der Waals surface area contributed by atoms with E-state index in [0.29, 0.717) is 11.3 Å². The fourth-order valence-electron chi connectivity index (χ4n) is 3.77. The highest BCUT2D eigenvalue weighted by Crippen LogP contribution is 2.37. The largest absolute Gasteiger partial charge is 0.496 e. The van der Waals surface area contributed by atoms with Crippen molar-refractivity contribution in [2.24, 2.45) is 0 Å². The van der Waals surface area contributed by atoms with Crippen LogP contribution in [0.1, 0.15) is 46.3 Å². The van der Waals surface area contributed by atoms with E-state index in [4.69, 9.17) is 4.74 Å². The molecule has 3 heterocycles. The van der Waals surface area contributed by atoms with E-state index >= 15 is 0 Å². The van der Waals surface area contributed by atoms with Gasteiger partial charge in [0.1, 0.15) is 11.4 Å². The molecular formula is C20H22N4O2. The minimum atomic E-state index is -0.0390. The summed E-state index contributed by atoms with van der Waals surface area (Å²) in [5.41, 5.74) is 4.02. The molecule has 1 saturated heterocycles. The molecule has 0 spiro atoms. The van der Waals surface area contributed by atoms with Crippen LogP contribution in [0.2, 0.25) is 0 Å². The lowest BCUT2D eigenvalue weighted by atomic mass is 10.0. The third kappa shape index (κ3) is 2.71. The zero-order valence-corrected chi connectivity index (χ0v) is 15.3. The van der Waals surface area contributed by atoms with Crippen molar-refractivity contribution in [2.45, 2.75) is 32.7 Å². The SMILES string of the molecule is COc1ccccc1[C@H]1CCCN1C(=O)c1cc(C)n2nc(C)cc2n1. The highest BCUT2D eigenvalue weighted by molar-refractivity contribution is 5.93. The Balaban J connectivity index is 1.71. The Morgan fingerprint density at radius 2 is 2.04 bits per heavy atom. The van der Waals surface area contributed by atoms with Crippen LogP contribution in [0.3, 0.4) is 0 Å². The Morgan fingerprint density at radius 1 is 1.23 bits per heavy atom. The number of likely N-dealkylation sites (tertiary alicyclic amines) is 1. The molecule has 1 amide bonds. The fraction of sp³-hybridized carbons (Fsp3) is 0.350. The van der Waals surface area contributed by atoms with Gasteiger partial charge in [0.15, 0.2) is 5.65 Å². The van der Waals surface area contributed by atoms with Crippen molar-refractivity contribution in [3.05, 3.63) is 59.0 Å². The van der Waals surface area contributed by atoms with Crippen LogP contribution >= 0.6 is 0 Å². The smallest absolute Gasteiger partial charge is 0.273 e. The van der Waals surface area contributed by atoms with E-state index in [-0.39, 0.29) is 11.9 Å². The molecule has 0 unspecified atom stereocenters. The molecule has 0 N–H and O–H groups in total. The van der Waals surface area contributed by atoms with Crippen LogP contribution in [0.5, 0.6) is 5.75 Å². The zero-order chi connectivity index (χ0) is 18.3. The predicted molar refractivity (Wildman–Crippen MR) is 98.5 cm³/mol. The first-order valence-corrected chi connectivity index (χ1v) is 8.86. The number of carbonyl (C=O) groups excluding carboxylic acids is 1. The first-order chi connectivity index (χ1) is 12.6. The number of nitrogens with zero attached hydrogens (tertiary/aromatic N) is 4. The highest BCUT2D eigenvalue weighted by Gasteiger charge is 2.33. The van der Waals surface area contributed by atoms with Crippen LogP contribution in [0, 0.1) is 13.8 Å². The highest BCUT2D eigenvalue weighted by atomic mass is 16.5. The van der Waals surface area contributed by atoms with Crippen LogP contribution in [-0.4, -0.2) is 39.1 Å². The molecule has 0 bridgehead atoms. The number of amides is 1. The Morgan fingerprint density at radius 3 is 2.85 bits per heavy atom. The monoisotopic (exact) mass is 350 g/mol. The van der Waals surface area contributed by atoms with E-state index < -0.39 is 0 Å². The number of aryl methyl sites for hydroxylation is 2. The average Bonchev–Trinajstić information content (AvgIpc) is 3.27. The summed E-state index contributed by atoms with van der Waals surface area (Å²) in [6, 6.07) is 11.7. The third-order valence-electron chi connectivity index (χ3n) is 4.96. The second kappa shape index (κ2) is 6.44. The molecular weight excluding hydrogens is 328 g/mol. The molecule has 1 fully saturated rings. The molecule has 26 heavy (non-hydrogen) atoms. The molecule has 4 rings (SSSR count). The van der Waals surface area contributed by atoms with Gasteiger partial charge >= 0.3 is 0 Å². The number of aromatic nitrogens is 3. The molecule has 1 atom stereocenters. The number of carbonyl (C=O) groups is 1. The second-order valence-corrected chi connectivity index (χ2v) is 6.74. The standard InChI is InChI=1S/C20H22N4O2/c1-13-11-19-21-16(12-14(2)24(19)22-13)20(25)23-10-6-8-17(23)15-7-4-5-9-18(15)26-3/h4-5,7,9,11-12,17H,6,8,10H2,1-3H3/t17-/m1/s1. The number of hydrogen-bond donors (Lipinski definition) is 0. The predicted octanol–water partition coefficient (Wildman–Crippen LogP) is 3.33. The maximum absolute atomic E-state index is 13.2. The summed E-state index contributed by atoms with van der Waals surface area (Å²) in [6.07, 6.45) is 1.90. The molecule has 1 aromatic carbocycles. The van der Waals surface area contributed by atoms with Gasteiger partial charge in [-0.25, -0.2) is 9.50 Å². The number of rotatable bonds is 3. The van der Waals surface area contributed by atoms with Crippen LogP contribution < -0.4 is 4.74 Å². The Bertz CT molecular complexity index is 979. The minimum Gasteiger partial charge on any atom is -0.496 e. The lowest BCUT2D eigenvalue weighted by Gasteiger charge is -2.26. The quantitative estimate of drug-likeness (QED) is 0.727. The van der Waals surface area contributed by atoms with Gasteiger partial charge < -0.3 is 9.64 Å². The first-order valence-electron chi connectivity index (χ1n) is 8.86. The average molecular weight is 350 g/mol. The maximum atomic E-state index is 13.2. The van der Waals surface area contributed by atoms with Crippen molar-refractivity contribution >= 4 is 11.6 Å². The van der Waals surface area contributed by atoms with Gasteiger partial charge in [-0.15, -0.1) is 0 Å². The van der Waals surface area contributed by atoms with Gasteiger partial charge in [0, 0.05) is 23.9 Å². The van der Waals surface area contributed by atoms with Crippen molar-refractivity contribution < 1.29 is 9.53 Å². The van der Waals surface area contributed by atoms with Gasteiger partial charge in [0.2, 0.25) is 0 Å². The van der Waals surface area contributed by atoms with E-state index in [9.17, 15) is 4.79 Å². The van der Waals surface area contributed by atoms with Crippen molar-refractivity contribution in [3.63, 3.8) is 0 Å². The van der Waals surface area contributed by atoms with Gasteiger partial charge in [0.25, 0.3) is 5.91 Å². The van der Waals surface area contributed by atoms with Crippen LogP contribution in [0.25, 0.3) is 5.65 Å². The topological polar surface area (TPSA) is 59.7 Å². The van der Waals surface area contributed by atoms with Crippen molar-refractivity contribution in [3.8, 4) is 5.75 Å². The van der Waals surface area contributed by atoms with Gasteiger partial charge in [-0.3, -0.25) is 4.79 Å². The lowest BCUT2D eigenvalue weighted by Crippen LogP contribution is -2.31. The molecule has 6 heteroatoms. The molecule has 0 saturated carbocycles. The van der Waals surface area contributed by atoms with E-state index in [1.807, 2.05) is 55.1 Å². The van der Waals surface area contributed by atoms with Gasteiger partial charge in [-0.1, -0.05) is 18.2 Å². The molecule has 3 aromatic rings. The van der Waals surface area contributed by atoms with E-state index in [0.717, 1.165) is 42.1 Å². The first kappa shape index (κ1) is 16.6. The summed E-state index contributed by atoms with van der Waals surface area (Å²) in [5.74, 6) is 0.783. The molecule has 1 aliphatic heterocycles. The number of para-hydroxylation sites is 1. The van der Waals surface area contributed by atoms with Crippen LogP contribution in [0.15, 0.2) is 36.4 Å². The molecule has 2 aromatic heterocycles. The summed E-state index contributed by atoms with van der Waals surface area (Å²) in [4.78, 5) is 19.7. The Labute approximate surface area is 152 Å². The number of fused-ring (bicyclic) bond motifs is 1. The van der Waals surface area contributed by atoms with Crippen molar-refractivity contribution in [1.29, 1.82) is 0 Å². The van der Waals surface area contributed by atoms with Crippen molar-refractivity contribution in [1.82, 2.24) is 19.5 Å². The van der Waals surface area contributed by atoms with E-state index in [2.05, 4.69) is 10.1 Å². The van der Waals surface area contributed by atoms with E-state index in [1.165, 1.54) is 0 Å². The van der Waals surface area contributed by atoms with Crippen LogP contribution in [0.4, 0.5) is 0 Å². The van der Waals surface area contributed by atoms with Crippen molar-refractivity contribution in [2.75, 3.05) is 13.7 Å². The van der Waals surface area contributed by atoms with Gasteiger partial charge in [-0.2, -0.15) is 5.10 Å². The molecule has 134 valence electrons. The fourth-order valence-corrected chi connectivity index (χ4v) is 3.77. The van der Waals surface area contributed by atoms with Gasteiger partial charge in [0.05, 0.1) is 18.8 Å². The Hall–Kier alpha value is -2.89. The molecule has 0 radical (unpaired) electrons. The summed E-state index contributed by atoms with van der Waals surface area (Å²) < 4.78 is 7.28. The third-order valence-corrected chi connectivity index (χ3v) is 4.96. The zero-order valence-electron chi connectivity index (χ0n) is 15.3. The maximum Gasteiger partial charge on any atom is 0.273 e.